The summed E-state index contributed by atoms with van der Waals surface area (Å²) in [4.78, 5) is 12.4. The number of carbonyl (C=O) groups is 1. The number of amides is 1. The van der Waals surface area contributed by atoms with Gasteiger partial charge in [-0.05, 0) is 23.6 Å². The molecule has 0 aliphatic carbocycles. The van der Waals surface area contributed by atoms with Crippen molar-refractivity contribution in [3.05, 3.63) is 59.2 Å². The number of nitrogens with zero attached hydrogens (tertiary/aromatic N) is 2. The van der Waals surface area contributed by atoms with Crippen LogP contribution in [-0.4, -0.2) is 35.8 Å². The number of hydrogen-bond donors (Lipinski definition) is 2. The average molecular weight is 428 g/mol. The SMILES string of the molecule is COc1cc(F)c([C@@H]2CNC(=O)[C@H]2Nc2nnc(-c3ccc(C(C)C)cc3)o2)c(F)c1. The monoisotopic (exact) mass is 428 g/mol. The Morgan fingerprint density at radius 2 is 1.84 bits per heavy atom. The number of aromatic nitrogens is 2. The molecular formula is C22H22F2N4O3. The Labute approximate surface area is 177 Å². The molecule has 0 spiro atoms. The van der Waals surface area contributed by atoms with Crippen LogP contribution in [0.3, 0.4) is 0 Å². The van der Waals surface area contributed by atoms with Gasteiger partial charge in [0.2, 0.25) is 11.8 Å². The van der Waals surface area contributed by atoms with Gasteiger partial charge in [-0.25, -0.2) is 8.78 Å². The van der Waals surface area contributed by atoms with Gasteiger partial charge in [0.15, 0.2) is 0 Å². The number of hydrogen-bond acceptors (Lipinski definition) is 6. The fourth-order valence-corrected chi connectivity index (χ4v) is 3.63. The highest BCUT2D eigenvalue weighted by Crippen LogP contribution is 2.33. The van der Waals surface area contributed by atoms with Gasteiger partial charge in [-0.15, -0.1) is 5.10 Å². The van der Waals surface area contributed by atoms with Crippen molar-refractivity contribution in [3.8, 4) is 17.2 Å². The van der Waals surface area contributed by atoms with E-state index in [9.17, 15) is 13.6 Å². The summed E-state index contributed by atoms with van der Waals surface area (Å²) in [6, 6.07) is 8.89. The molecule has 1 saturated heterocycles. The Hall–Kier alpha value is -3.49. The fraction of sp³-hybridized carbons (Fsp3) is 0.318. The van der Waals surface area contributed by atoms with Crippen LogP contribution in [0.25, 0.3) is 11.5 Å². The normalized spacial score (nSPS) is 18.3. The van der Waals surface area contributed by atoms with Gasteiger partial charge in [-0.3, -0.25) is 4.79 Å². The van der Waals surface area contributed by atoms with Gasteiger partial charge < -0.3 is 19.8 Å². The van der Waals surface area contributed by atoms with E-state index in [1.807, 2.05) is 24.3 Å². The molecule has 1 aromatic heterocycles. The maximum atomic E-state index is 14.6. The van der Waals surface area contributed by atoms with Crippen molar-refractivity contribution in [2.45, 2.75) is 31.7 Å². The molecule has 4 rings (SSSR count). The number of carbonyl (C=O) groups excluding carboxylic acids is 1. The van der Waals surface area contributed by atoms with Crippen LogP contribution in [0.15, 0.2) is 40.8 Å². The summed E-state index contributed by atoms with van der Waals surface area (Å²) in [6.45, 7) is 4.26. The second-order valence-corrected chi connectivity index (χ2v) is 7.67. The van der Waals surface area contributed by atoms with Crippen molar-refractivity contribution in [1.82, 2.24) is 15.5 Å². The van der Waals surface area contributed by atoms with Crippen molar-refractivity contribution in [1.29, 1.82) is 0 Å². The van der Waals surface area contributed by atoms with E-state index in [0.717, 1.165) is 17.7 Å². The second-order valence-electron chi connectivity index (χ2n) is 7.67. The Balaban J connectivity index is 1.57. The van der Waals surface area contributed by atoms with E-state index in [1.165, 1.54) is 12.7 Å². The molecule has 2 N–H and O–H groups in total. The molecule has 2 heterocycles. The molecular weight excluding hydrogens is 406 g/mol. The molecule has 1 aliphatic heterocycles. The minimum atomic E-state index is -0.978. The Morgan fingerprint density at radius 3 is 2.45 bits per heavy atom. The molecule has 7 nitrogen and oxygen atoms in total. The van der Waals surface area contributed by atoms with Crippen LogP contribution < -0.4 is 15.4 Å². The number of benzene rings is 2. The van der Waals surface area contributed by atoms with Crippen molar-refractivity contribution >= 4 is 11.9 Å². The maximum absolute atomic E-state index is 14.6. The molecule has 31 heavy (non-hydrogen) atoms. The molecule has 2 atom stereocenters. The first-order valence-corrected chi connectivity index (χ1v) is 9.88. The summed E-state index contributed by atoms with van der Waals surface area (Å²) in [7, 11) is 1.32. The molecule has 1 fully saturated rings. The number of methoxy groups -OCH3 is 1. The number of nitrogens with one attached hydrogen (secondary N) is 2. The maximum Gasteiger partial charge on any atom is 0.316 e. The van der Waals surface area contributed by atoms with Crippen LogP contribution >= 0.6 is 0 Å². The standard InChI is InChI=1S/C22H22F2N4O3/c1-11(2)12-4-6-13(7-5-12)21-27-28-22(31-21)26-19-15(10-25-20(19)29)18-16(23)8-14(30-3)9-17(18)24/h4-9,11,15,19H,10H2,1-3H3,(H,25,29)(H,26,28)/t15-,19-/m0/s1. The summed E-state index contributed by atoms with van der Waals surface area (Å²) in [5.41, 5.74) is 1.70. The third-order valence-electron chi connectivity index (χ3n) is 5.37. The largest absolute Gasteiger partial charge is 0.497 e. The molecule has 3 aromatic rings. The van der Waals surface area contributed by atoms with Gasteiger partial charge in [0.25, 0.3) is 0 Å². The third kappa shape index (κ3) is 4.08. The van der Waals surface area contributed by atoms with E-state index in [4.69, 9.17) is 9.15 Å². The van der Waals surface area contributed by atoms with E-state index in [-0.39, 0.29) is 29.8 Å². The molecule has 0 bridgehead atoms. The summed E-state index contributed by atoms with van der Waals surface area (Å²) >= 11 is 0. The first-order valence-electron chi connectivity index (χ1n) is 9.88. The highest BCUT2D eigenvalue weighted by Gasteiger charge is 2.40. The van der Waals surface area contributed by atoms with Gasteiger partial charge in [0, 0.05) is 35.7 Å². The van der Waals surface area contributed by atoms with Crippen LogP contribution in [0.1, 0.15) is 36.8 Å². The highest BCUT2D eigenvalue weighted by atomic mass is 19.1. The molecule has 0 radical (unpaired) electrons. The topological polar surface area (TPSA) is 89.3 Å². The zero-order valence-electron chi connectivity index (χ0n) is 17.3. The number of anilines is 1. The molecule has 1 amide bonds. The average Bonchev–Trinajstić information content (AvgIpc) is 3.36. The van der Waals surface area contributed by atoms with E-state index < -0.39 is 29.5 Å². The molecule has 0 unspecified atom stereocenters. The number of ether oxygens (including phenoxy) is 1. The van der Waals surface area contributed by atoms with E-state index in [2.05, 4.69) is 34.7 Å². The first kappa shape index (κ1) is 20.8. The first-order chi connectivity index (χ1) is 14.9. The third-order valence-corrected chi connectivity index (χ3v) is 5.37. The lowest BCUT2D eigenvalue weighted by Crippen LogP contribution is -2.33. The van der Waals surface area contributed by atoms with Crippen LogP contribution in [-0.2, 0) is 4.79 Å². The summed E-state index contributed by atoms with van der Waals surface area (Å²) in [5, 5.41) is 13.4. The quantitative estimate of drug-likeness (QED) is 0.620. The lowest BCUT2D eigenvalue weighted by atomic mass is 9.93. The number of rotatable bonds is 6. The van der Waals surface area contributed by atoms with Crippen LogP contribution in [0.4, 0.5) is 14.8 Å². The summed E-state index contributed by atoms with van der Waals surface area (Å²) in [5.74, 6) is -2.08. The Morgan fingerprint density at radius 1 is 1.16 bits per heavy atom. The molecule has 162 valence electrons. The van der Waals surface area contributed by atoms with Crippen molar-refractivity contribution in [2.75, 3.05) is 19.0 Å². The fourth-order valence-electron chi connectivity index (χ4n) is 3.63. The molecule has 9 heteroatoms. The van der Waals surface area contributed by atoms with Gasteiger partial charge >= 0.3 is 6.01 Å². The minimum Gasteiger partial charge on any atom is -0.497 e. The van der Waals surface area contributed by atoms with Crippen molar-refractivity contribution in [3.63, 3.8) is 0 Å². The summed E-state index contributed by atoms with van der Waals surface area (Å²) in [6.07, 6.45) is 0. The van der Waals surface area contributed by atoms with Crippen molar-refractivity contribution < 1.29 is 22.7 Å². The van der Waals surface area contributed by atoms with E-state index in [1.54, 1.807) is 0 Å². The highest BCUT2D eigenvalue weighted by molar-refractivity contribution is 5.88. The van der Waals surface area contributed by atoms with E-state index >= 15 is 0 Å². The van der Waals surface area contributed by atoms with Gasteiger partial charge in [0.1, 0.15) is 23.4 Å². The predicted octanol–water partition coefficient (Wildman–Crippen LogP) is 3.84. The molecule has 1 aliphatic rings. The summed E-state index contributed by atoms with van der Waals surface area (Å²) < 4.78 is 39.7. The van der Waals surface area contributed by atoms with Gasteiger partial charge in [-0.1, -0.05) is 31.1 Å². The minimum absolute atomic E-state index is 0.00989. The van der Waals surface area contributed by atoms with Gasteiger partial charge in [0.05, 0.1) is 7.11 Å². The smallest absolute Gasteiger partial charge is 0.316 e. The second kappa shape index (κ2) is 8.33. The Bertz CT molecular complexity index is 1080. The van der Waals surface area contributed by atoms with Crippen molar-refractivity contribution in [2.24, 2.45) is 0 Å². The van der Waals surface area contributed by atoms with E-state index in [0.29, 0.717) is 5.92 Å². The zero-order valence-corrected chi connectivity index (χ0v) is 17.3. The van der Waals surface area contributed by atoms with Crippen LogP contribution in [0.2, 0.25) is 0 Å². The Kier molecular flexibility index (Phi) is 5.58. The van der Waals surface area contributed by atoms with Crippen LogP contribution in [0, 0.1) is 11.6 Å². The lowest BCUT2D eigenvalue weighted by molar-refractivity contribution is -0.119. The molecule has 0 saturated carbocycles. The zero-order chi connectivity index (χ0) is 22.1. The number of halogens is 2. The van der Waals surface area contributed by atoms with Crippen LogP contribution in [0.5, 0.6) is 5.75 Å². The van der Waals surface area contributed by atoms with Gasteiger partial charge in [-0.2, -0.15) is 0 Å². The predicted molar refractivity (Wildman–Crippen MR) is 110 cm³/mol. The lowest BCUT2D eigenvalue weighted by Gasteiger charge is -2.19. The molecule has 2 aromatic carbocycles.